The van der Waals surface area contributed by atoms with Crippen molar-refractivity contribution in [3.8, 4) is 0 Å². The number of H-pyrrole nitrogens is 1. The van der Waals surface area contributed by atoms with Crippen LogP contribution in [0.5, 0.6) is 0 Å². The number of aromatic amines is 1. The van der Waals surface area contributed by atoms with Crippen LogP contribution in [0, 0.1) is 0 Å². The van der Waals surface area contributed by atoms with E-state index in [4.69, 9.17) is 0 Å². The van der Waals surface area contributed by atoms with Crippen LogP contribution in [0.4, 0.5) is 0 Å². The van der Waals surface area contributed by atoms with E-state index in [9.17, 15) is 0 Å². The van der Waals surface area contributed by atoms with Crippen LogP contribution < -0.4 is 5.32 Å². The summed E-state index contributed by atoms with van der Waals surface area (Å²) in [5.74, 6) is 0. The quantitative estimate of drug-likeness (QED) is 0.537. The van der Waals surface area contributed by atoms with Gasteiger partial charge in [-0.05, 0) is 17.4 Å². The lowest BCUT2D eigenvalue weighted by molar-refractivity contribution is 1.46. The Morgan fingerprint density at radius 1 is 1.50 bits per heavy atom. The zero-order chi connectivity index (χ0) is 5.98. The van der Waals surface area contributed by atoms with E-state index in [0.29, 0.717) is 0 Å². The first kappa shape index (κ1) is 5.63. The molecular weight excluding hydrogens is 114 g/mol. The Labute approximate surface area is 51.3 Å². The lowest BCUT2D eigenvalue weighted by Gasteiger charge is -1.94. The molecular formula is C6H10NSi. The average Bonchev–Trinajstić information content (AvgIpc) is 2.12. The molecule has 0 aliphatic rings. The SMILES string of the molecule is C[Si](C)c1ccc[nH]1. The highest BCUT2D eigenvalue weighted by molar-refractivity contribution is 6.69. The van der Waals surface area contributed by atoms with Crippen LogP contribution in [0.1, 0.15) is 0 Å². The van der Waals surface area contributed by atoms with E-state index >= 15 is 0 Å². The summed E-state index contributed by atoms with van der Waals surface area (Å²) in [6.07, 6.45) is 1.98. The molecule has 0 unspecified atom stereocenters. The molecule has 0 amide bonds. The maximum atomic E-state index is 3.18. The number of rotatable bonds is 1. The monoisotopic (exact) mass is 124 g/mol. The molecule has 8 heavy (non-hydrogen) atoms. The maximum absolute atomic E-state index is 3.18. The first-order chi connectivity index (χ1) is 3.80. The van der Waals surface area contributed by atoms with Crippen molar-refractivity contribution >= 4 is 14.1 Å². The summed E-state index contributed by atoms with van der Waals surface area (Å²) in [5.41, 5.74) is 0. The van der Waals surface area contributed by atoms with Crippen LogP contribution in [-0.2, 0) is 0 Å². The van der Waals surface area contributed by atoms with Gasteiger partial charge in [0, 0.05) is 6.20 Å². The highest BCUT2D eigenvalue weighted by atomic mass is 28.3. The maximum Gasteiger partial charge on any atom is 0.101 e. The fourth-order valence-corrected chi connectivity index (χ4v) is 1.44. The van der Waals surface area contributed by atoms with Gasteiger partial charge in [0.2, 0.25) is 0 Å². The minimum atomic E-state index is -0.225. The molecule has 1 aromatic rings. The normalized spacial score (nSPS) is 10.4. The van der Waals surface area contributed by atoms with Gasteiger partial charge in [-0.25, -0.2) is 0 Å². The second-order valence-electron chi connectivity index (χ2n) is 2.08. The molecule has 1 radical (unpaired) electrons. The van der Waals surface area contributed by atoms with Crippen molar-refractivity contribution < 1.29 is 0 Å². The van der Waals surface area contributed by atoms with Gasteiger partial charge in [0.15, 0.2) is 0 Å². The van der Waals surface area contributed by atoms with E-state index in [-0.39, 0.29) is 8.80 Å². The van der Waals surface area contributed by atoms with E-state index in [1.54, 1.807) is 0 Å². The summed E-state index contributed by atoms with van der Waals surface area (Å²) in [6, 6.07) is 4.20. The van der Waals surface area contributed by atoms with Crippen LogP contribution in [0.3, 0.4) is 0 Å². The van der Waals surface area contributed by atoms with Crippen LogP contribution in [0.15, 0.2) is 18.3 Å². The van der Waals surface area contributed by atoms with Gasteiger partial charge in [-0.15, -0.1) is 0 Å². The highest BCUT2D eigenvalue weighted by Gasteiger charge is 1.97. The number of nitrogens with one attached hydrogen (secondary N) is 1. The van der Waals surface area contributed by atoms with Crippen LogP contribution in [-0.4, -0.2) is 13.8 Å². The molecule has 1 rings (SSSR count). The molecule has 43 valence electrons. The van der Waals surface area contributed by atoms with E-state index in [2.05, 4.69) is 24.1 Å². The molecule has 2 heteroatoms. The number of hydrogen-bond donors (Lipinski definition) is 1. The largest absolute Gasteiger partial charge is 0.369 e. The van der Waals surface area contributed by atoms with E-state index < -0.39 is 0 Å². The van der Waals surface area contributed by atoms with Crippen LogP contribution in [0.25, 0.3) is 0 Å². The summed E-state index contributed by atoms with van der Waals surface area (Å²) in [5, 5.41) is 1.41. The van der Waals surface area contributed by atoms with Crippen LogP contribution >= 0.6 is 0 Å². The van der Waals surface area contributed by atoms with Gasteiger partial charge in [0.05, 0.1) is 0 Å². The third-order valence-corrected chi connectivity index (χ3v) is 2.52. The van der Waals surface area contributed by atoms with Gasteiger partial charge in [-0.2, -0.15) is 0 Å². The summed E-state index contributed by atoms with van der Waals surface area (Å²) in [6.45, 7) is 4.55. The van der Waals surface area contributed by atoms with Crippen molar-refractivity contribution in [1.29, 1.82) is 0 Å². The zero-order valence-electron chi connectivity index (χ0n) is 5.23. The Hall–Kier alpha value is -0.503. The second-order valence-corrected chi connectivity index (χ2v) is 4.62. The van der Waals surface area contributed by atoms with Gasteiger partial charge >= 0.3 is 0 Å². The van der Waals surface area contributed by atoms with Crippen molar-refractivity contribution in [2.75, 3.05) is 0 Å². The Kier molecular flexibility index (Phi) is 1.53. The Bertz CT molecular complexity index is 144. The first-order valence-corrected chi connectivity index (χ1v) is 5.24. The van der Waals surface area contributed by atoms with Gasteiger partial charge < -0.3 is 4.98 Å². The van der Waals surface area contributed by atoms with Crippen molar-refractivity contribution in [2.24, 2.45) is 0 Å². The fraction of sp³-hybridized carbons (Fsp3) is 0.333. The molecule has 0 spiro atoms. The van der Waals surface area contributed by atoms with Gasteiger partial charge in [-0.1, -0.05) is 13.1 Å². The van der Waals surface area contributed by atoms with E-state index in [1.165, 1.54) is 5.32 Å². The van der Waals surface area contributed by atoms with E-state index in [1.807, 2.05) is 12.3 Å². The molecule has 0 fully saturated rings. The fourth-order valence-electron chi connectivity index (χ4n) is 0.641. The van der Waals surface area contributed by atoms with Gasteiger partial charge in [-0.3, -0.25) is 0 Å². The molecule has 0 saturated carbocycles. The standard InChI is InChI=1S/C6H10NSi/c1-8(2)6-4-3-5-7-6/h3-5,7H,1-2H3. The Morgan fingerprint density at radius 3 is 2.50 bits per heavy atom. The molecule has 0 saturated heterocycles. The van der Waals surface area contributed by atoms with Gasteiger partial charge in [0.25, 0.3) is 0 Å². The van der Waals surface area contributed by atoms with E-state index in [0.717, 1.165) is 0 Å². The van der Waals surface area contributed by atoms with Crippen molar-refractivity contribution in [3.05, 3.63) is 18.3 Å². The molecule has 0 aliphatic carbocycles. The number of aromatic nitrogens is 1. The summed E-state index contributed by atoms with van der Waals surface area (Å²) >= 11 is 0. The predicted molar refractivity (Wildman–Crippen MR) is 37.9 cm³/mol. The average molecular weight is 124 g/mol. The Morgan fingerprint density at radius 2 is 2.25 bits per heavy atom. The molecule has 0 aromatic carbocycles. The third kappa shape index (κ3) is 1.01. The van der Waals surface area contributed by atoms with Gasteiger partial charge in [0.1, 0.15) is 8.80 Å². The van der Waals surface area contributed by atoms with Crippen molar-refractivity contribution in [3.63, 3.8) is 0 Å². The Balaban J connectivity index is 2.77. The second kappa shape index (κ2) is 2.18. The molecule has 1 N–H and O–H groups in total. The molecule has 1 nitrogen and oxygen atoms in total. The highest BCUT2D eigenvalue weighted by Crippen LogP contribution is 1.81. The molecule has 0 atom stereocenters. The van der Waals surface area contributed by atoms with Crippen molar-refractivity contribution in [1.82, 2.24) is 4.98 Å². The lowest BCUT2D eigenvalue weighted by atomic mass is 10.7. The van der Waals surface area contributed by atoms with Crippen molar-refractivity contribution in [2.45, 2.75) is 13.1 Å². The summed E-state index contributed by atoms with van der Waals surface area (Å²) in [4.78, 5) is 3.18. The molecule has 0 bridgehead atoms. The van der Waals surface area contributed by atoms with Crippen LogP contribution in [0.2, 0.25) is 13.1 Å². The summed E-state index contributed by atoms with van der Waals surface area (Å²) < 4.78 is 0. The lowest BCUT2D eigenvalue weighted by Crippen LogP contribution is -2.22. The minimum absolute atomic E-state index is 0.225. The smallest absolute Gasteiger partial charge is 0.101 e. The first-order valence-electron chi connectivity index (χ1n) is 2.74. The molecule has 0 aliphatic heterocycles. The zero-order valence-corrected chi connectivity index (χ0v) is 6.23. The number of hydrogen-bond acceptors (Lipinski definition) is 0. The summed E-state index contributed by atoms with van der Waals surface area (Å²) in [7, 11) is -0.225. The molecule has 1 heterocycles. The topological polar surface area (TPSA) is 15.8 Å². The predicted octanol–water partition coefficient (Wildman–Crippen LogP) is 0.976. The molecule has 1 aromatic heterocycles. The minimum Gasteiger partial charge on any atom is -0.369 e. The third-order valence-electron chi connectivity index (χ3n) is 1.14.